The van der Waals surface area contributed by atoms with Crippen molar-refractivity contribution in [2.45, 2.75) is 19.4 Å². The number of nitrogens with two attached hydrogens (primary N) is 1. The van der Waals surface area contributed by atoms with E-state index in [1.54, 1.807) is 0 Å². The summed E-state index contributed by atoms with van der Waals surface area (Å²) in [6.45, 7) is 0.578. The molecule has 0 aliphatic rings. The van der Waals surface area contributed by atoms with Gasteiger partial charge < -0.3 is 5.73 Å². The van der Waals surface area contributed by atoms with Crippen LogP contribution in [-0.2, 0) is 13.0 Å². The van der Waals surface area contributed by atoms with Gasteiger partial charge in [0.05, 0.1) is 4.92 Å². The molecule has 1 aromatic heterocycles. The summed E-state index contributed by atoms with van der Waals surface area (Å²) in [4.78, 5) is 10.1. The lowest BCUT2D eigenvalue weighted by molar-refractivity contribution is -0.384. The Labute approximate surface area is 104 Å². The molecule has 6 heteroatoms. The van der Waals surface area contributed by atoms with Crippen LogP contribution in [0.15, 0.2) is 36.5 Å². The summed E-state index contributed by atoms with van der Waals surface area (Å²) in [5, 5.41) is 14.5. The highest BCUT2D eigenvalue weighted by molar-refractivity contribution is 5.51. The molecule has 0 fully saturated rings. The smallest absolute Gasteiger partial charge is 0.330 e. The van der Waals surface area contributed by atoms with Crippen molar-refractivity contribution in [1.29, 1.82) is 0 Å². The Bertz CT molecular complexity index is 536. The fraction of sp³-hybridized carbons (Fsp3) is 0.250. The molecule has 0 saturated heterocycles. The van der Waals surface area contributed by atoms with E-state index in [0.29, 0.717) is 6.54 Å². The van der Waals surface area contributed by atoms with Crippen molar-refractivity contribution in [1.82, 2.24) is 9.78 Å². The van der Waals surface area contributed by atoms with Gasteiger partial charge >= 0.3 is 5.69 Å². The second kappa shape index (κ2) is 5.31. The van der Waals surface area contributed by atoms with Crippen molar-refractivity contribution in [3.8, 4) is 0 Å². The maximum Gasteiger partial charge on any atom is 0.330 e. The number of aromatic nitrogens is 2. The normalized spacial score (nSPS) is 10.4. The number of anilines is 1. The minimum atomic E-state index is -0.518. The first-order chi connectivity index (χ1) is 8.68. The van der Waals surface area contributed by atoms with E-state index in [2.05, 4.69) is 17.2 Å². The highest BCUT2D eigenvalue weighted by Crippen LogP contribution is 2.20. The molecular formula is C12H14N4O2. The van der Waals surface area contributed by atoms with Crippen molar-refractivity contribution < 1.29 is 4.92 Å². The molecule has 0 aliphatic heterocycles. The largest absolute Gasteiger partial charge is 0.378 e. The van der Waals surface area contributed by atoms with Crippen LogP contribution in [0.4, 0.5) is 11.5 Å². The van der Waals surface area contributed by atoms with Gasteiger partial charge in [-0.05, 0) is 18.4 Å². The van der Waals surface area contributed by atoms with Crippen LogP contribution in [-0.4, -0.2) is 14.7 Å². The zero-order valence-electron chi connectivity index (χ0n) is 9.82. The second-order valence-electron chi connectivity index (χ2n) is 3.98. The Hall–Kier alpha value is -2.37. The number of hydrogen-bond donors (Lipinski definition) is 1. The van der Waals surface area contributed by atoms with Crippen LogP contribution in [0, 0.1) is 10.1 Å². The van der Waals surface area contributed by atoms with Crippen molar-refractivity contribution in [3.63, 3.8) is 0 Å². The van der Waals surface area contributed by atoms with E-state index >= 15 is 0 Å². The molecule has 1 heterocycles. The number of benzene rings is 1. The number of aryl methyl sites for hydroxylation is 2. The molecule has 2 aromatic rings. The van der Waals surface area contributed by atoms with Gasteiger partial charge in [-0.3, -0.25) is 10.1 Å². The SMILES string of the molecule is Nc1c([N+](=O)[O-])cnn1CCCc1ccccc1. The molecule has 2 N–H and O–H groups in total. The van der Waals surface area contributed by atoms with Crippen molar-refractivity contribution in [3.05, 3.63) is 52.2 Å². The van der Waals surface area contributed by atoms with Crippen LogP contribution in [0.3, 0.4) is 0 Å². The Morgan fingerprint density at radius 1 is 1.33 bits per heavy atom. The third-order valence-corrected chi connectivity index (χ3v) is 2.73. The predicted octanol–water partition coefficient (Wildman–Crippen LogP) is 2.01. The molecule has 0 aliphatic carbocycles. The summed E-state index contributed by atoms with van der Waals surface area (Å²) < 4.78 is 1.47. The van der Waals surface area contributed by atoms with Crippen LogP contribution in [0.2, 0.25) is 0 Å². The molecule has 0 unspecified atom stereocenters. The average Bonchev–Trinajstić information content (AvgIpc) is 2.73. The first-order valence-electron chi connectivity index (χ1n) is 5.68. The molecule has 0 amide bonds. The molecule has 0 radical (unpaired) electrons. The lowest BCUT2D eigenvalue weighted by Gasteiger charge is -2.03. The molecule has 0 atom stereocenters. The summed E-state index contributed by atoms with van der Waals surface area (Å²) in [5.41, 5.74) is 6.75. The van der Waals surface area contributed by atoms with Crippen LogP contribution >= 0.6 is 0 Å². The monoisotopic (exact) mass is 246 g/mol. The predicted molar refractivity (Wildman–Crippen MR) is 68.1 cm³/mol. The highest BCUT2D eigenvalue weighted by atomic mass is 16.6. The first kappa shape index (κ1) is 12.1. The molecular weight excluding hydrogens is 232 g/mol. The quantitative estimate of drug-likeness (QED) is 0.645. The van der Waals surface area contributed by atoms with Crippen molar-refractivity contribution in [2.24, 2.45) is 0 Å². The zero-order valence-corrected chi connectivity index (χ0v) is 9.82. The standard InChI is InChI=1S/C12H14N4O2/c13-12-11(16(17)18)9-14-15(12)8-4-7-10-5-2-1-3-6-10/h1-3,5-6,9H,4,7-8,13H2. The Morgan fingerprint density at radius 2 is 2.06 bits per heavy atom. The Kier molecular flexibility index (Phi) is 3.57. The van der Waals surface area contributed by atoms with Gasteiger partial charge in [0.25, 0.3) is 0 Å². The minimum absolute atomic E-state index is 0.119. The van der Waals surface area contributed by atoms with Gasteiger partial charge in [-0.15, -0.1) is 0 Å². The van der Waals surface area contributed by atoms with E-state index in [4.69, 9.17) is 5.73 Å². The molecule has 94 valence electrons. The Morgan fingerprint density at radius 3 is 2.67 bits per heavy atom. The van der Waals surface area contributed by atoms with E-state index in [-0.39, 0.29) is 11.5 Å². The van der Waals surface area contributed by atoms with Crippen LogP contribution < -0.4 is 5.73 Å². The molecule has 6 nitrogen and oxygen atoms in total. The average molecular weight is 246 g/mol. The Balaban J connectivity index is 1.93. The number of nitro groups is 1. The summed E-state index contributed by atoms with van der Waals surface area (Å²) in [6, 6.07) is 10.0. The summed E-state index contributed by atoms with van der Waals surface area (Å²) in [5.74, 6) is 0.119. The second-order valence-corrected chi connectivity index (χ2v) is 3.98. The first-order valence-corrected chi connectivity index (χ1v) is 5.68. The van der Waals surface area contributed by atoms with Gasteiger partial charge in [0.1, 0.15) is 6.20 Å². The van der Waals surface area contributed by atoms with E-state index in [9.17, 15) is 10.1 Å². The molecule has 0 spiro atoms. The fourth-order valence-electron chi connectivity index (χ4n) is 1.78. The van der Waals surface area contributed by atoms with E-state index in [1.807, 2.05) is 18.2 Å². The summed E-state index contributed by atoms with van der Waals surface area (Å²) in [6.07, 6.45) is 2.93. The van der Waals surface area contributed by atoms with E-state index in [0.717, 1.165) is 12.8 Å². The topological polar surface area (TPSA) is 87.0 Å². The lowest BCUT2D eigenvalue weighted by Crippen LogP contribution is -2.06. The number of nitrogen functional groups attached to an aromatic ring is 1. The highest BCUT2D eigenvalue weighted by Gasteiger charge is 2.16. The number of hydrogen-bond acceptors (Lipinski definition) is 4. The maximum absolute atomic E-state index is 10.6. The van der Waals surface area contributed by atoms with Crippen LogP contribution in [0.25, 0.3) is 0 Å². The minimum Gasteiger partial charge on any atom is -0.378 e. The van der Waals surface area contributed by atoms with Gasteiger partial charge in [0.2, 0.25) is 5.82 Å². The number of rotatable bonds is 5. The molecule has 0 bridgehead atoms. The summed E-state index contributed by atoms with van der Waals surface area (Å²) >= 11 is 0. The zero-order chi connectivity index (χ0) is 13.0. The van der Waals surface area contributed by atoms with Gasteiger partial charge in [-0.2, -0.15) is 5.10 Å². The lowest BCUT2D eigenvalue weighted by atomic mass is 10.1. The van der Waals surface area contributed by atoms with Crippen LogP contribution in [0.5, 0.6) is 0 Å². The van der Waals surface area contributed by atoms with Gasteiger partial charge in [-0.25, -0.2) is 4.68 Å². The molecule has 18 heavy (non-hydrogen) atoms. The molecule has 1 aromatic carbocycles. The van der Waals surface area contributed by atoms with Crippen molar-refractivity contribution in [2.75, 3.05) is 5.73 Å². The van der Waals surface area contributed by atoms with E-state index in [1.165, 1.54) is 16.4 Å². The van der Waals surface area contributed by atoms with E-state index < -0.39 is 4.92 Å². The molecule has 0 saturated carbocycles. The third kappa shape index (κ3) is 2.65. The van der Waals surface area contributed by atoms with Gasteiger partial charge in [-0.1, -0.05) is 30.3 Å². The molecule has 2 rings (SSSR count). The summed E-state index contributed by atoms with van der Waals surface area (Å²) in [7, 11) is 0. The van der Waals surface area contributed by atoms with Crippen molar-refractivity contribution >= 4 is 11.5 Å². The number of nitrogens with zero attached hydrogens (tertiary/aromatic N) is 3. The fourth-order valence-corrected chi connectivity index (χ4v) is 1.78. The third-order valence-electron chi connectivity index (χ3n) is 2.73. The maximum atomic E-state index is 10.6. The van der Waals surface area contributed by atoms with Gasteiger partial charge in [0.15, 0.2) is 0 Å². The van der Waals surface area contributed by atoms with Crippen LogP contribution in [0.1, 0.15) is 12.0 Å². The van der Waals surface area contributed by atoms with Gasteiger partial charge in [0, 0.05) is 6.54 Å².